The molecule has 0 aromatic heterocycles. The molecule has 0 saturated heterocycles. The van der Waals surface area contributed by atoms with Gasteiger partial charge in [-0.1, -0.05) is 18.0 Å². The van der Waals surface area contributed by atoms with Crippen LogP contribution >= 0.6 is 11.6 Å². The Hall–Kier alpha value is -1.75. The van der Waals surface area contributed by atoms with Crippen molar-refractivity contribution < 1.29 is 19.4 Å². The molecule has 0 aliphatic heterocycles. The third-order valence-corrected chi connectivity index (χ3v) is 4.22. The van der Waals surface area contributed by atoms with Gasteiger partial charge in [-0.15, -0.1) is 0 Å². The van der Waals surface area contributed by atoms with Crippen LogP contribution < -0.4 is 10.1 Å². The van der Waals surface area contributed by atoms with Crippen molar-refractivity contribution in [2.24, 2.45) is 5.41 Å². The summed E-state index contributed by atoms with van der Waals surface area (Å²) in [6, 6.07) is 5.07. The second-order valence-corrected chi connectivity index (χ2v) is 5.79. The van der Waals surface area contributed by atoms with Gasteiger partial charge in [0.1, 0.15) is 5.75 Å². The molecule has 1 fully saturated rings. The van der Waals surface area contributed by atoms with Crippen LogP contribution in [-0.2, 0) is 16.0 Å². The standard InChI is InChI=1S/C15H18ClNO4/c1-21-12-4-3-11(16)7-10(12)8-13(18)17-9-15(14(19)20)5-2-6-15/h3-4,7H,2,5-6,8-9H2,1H3,(H,17,18)(H,19,20). The number of ether oxygens (including phenoxy) is 1. The van der Waals surface area contributed by atoms with E-state index in [4.69, 9.17) is 16.3 Å². The lowest BCUT2D eigenvalue weighted by Crippen LogP contribution is -2.47. The first-order valence-electron chi connectivity index (χ1n) is 6.79. The fraction of sp³-hybridized carbons (Fsp3) is 0.467. The summed E-state index contributed by atoms with van der Waals surface area (Å²) in [5.74, 6) is -0.483. The predicted molar refractivity (Wildman–Crippen MR) is 78.6 cm³/mol. The lowest BCUT2D eigenvalue weighted by Gasteiger charge is -2.37. The normalized spacial score (nSPS) is 15.9. The molecule has 1 saturated carbocycles. The van der Waals surface area contributed by atoms with Crippen molar-refractivity contribution in [2.75, 3.05) is 13.7 Å². The van der Waals surface area contributed by atoms with E-state index in [1.807, 2.05) is 0 Å². The highest BCUT2D eigenvalue weighted by atomic mass is 35.5. The number of aliphatic carboxylic acids is 1. The van der Waals surface area contributed by atoms with Crippen LogP contribution in [-0.4, -0.2) is 30.6 Å². The molecule has 1 aromatic carbocycles. The fourth-order valence-corrected chi connectivity index (χ4v) is 2.65. The molecule has 21 heavy (non-hydrogen) atoms. The number of amides is 1. The zero-order valence-corrected chi connectivity index (χ0v) is 12.6. The number of hydrogen-bond donors (Lipinski definition) is 2. The quantitative estimate of drug-likeness (QED) is 0.845. The Morgan fingerprint density at radius 1 is 1.43 bits per heavy atom. The molecule has 2 N–H and O–H groups in total. The maximum Gasteiger partial charge on any atom is 0.311 e. The zero-order chi connectivity index (χ0) is 15.5. The van der Waals surface area contributed by atoms with E-state index >= 15 is 0 Å². The maximum absolute atomic E-state index is 12.0. The summed E-state index contributed by atoms with van der Waals surface area (Å²) in [4.78, 5) is 23.2. The molecule has 5 nitrogen and oxygen atoms in total. The summed E-state index contributed by atoms with van der Waals surface area (Å²) >= 11 is 5.92. The van der Waals surface area contributed by atoms with E-state index in [0.29, 0.717) is 29.2 Å². The SMILES string of the molecule is COc1ccc(Cl)cc1CC(=O)NCC1(C(=O)O)CCC1. The average Bonchev–Trinajstić information content (AvgIpc) is 2.37. The molecule has 1 aromatic rings. The van der Waals surface area contributed by atoms with Crippen LogP contribution in [0.15, 0.2) is 18.2 Å². The number of nitrogens with one attached hydrogen (secondary N) is 1. The number of hydrogen-bond acceptors (Lipinski definition) is 3. The van der Waals surface area contributed by atoms with Crippen LogP contribution in [0.3, 0.4) is 0 Å². The summed E-state index contributed by atoms with van der Waals surface area (Å²) in [5, 5.41) is 12.5. The monoisotopic (exact) mass is 311 g/mol. The van der Waals surface area contributed by atoms with E-state index in [9.17, 15) is 14.7 Å². The molecule has 0 spiro atoms. The Kier molecular flexibility index (Phi) is 4.73. The van der Waals surface area contributed by atoms with Crippen molar-refractivity contribution in [1.82, 2.24) is 5.32 Å². The molecule has 0 radical (unpaired) electrons. The van der Waals surface area contributed by atoms with Gasteiger partial charge in [0.05, 0.1) is 18.9 Å². The number of benzene rings is 1. The Bertz CT molecular complexity index is 555. The van der Waals surface area contributed by atoms with Crippen LogP contribution in [0.2, 0.25) is 5.02 Å². The number of halogens is 1. The van der Waals surface area contributed by atoms with Crippen LogP contribution in [0.5, 0.6) is 5.75 Å². The molecular weight excluding hydrogens is 294 g/mol. The first kappa shape index (κ1) is 15.6. The number of rotatable bonds is 6. The van der Waals surface area contributed by atoms with E-state index in [2.05, 4.69) is 5.32 Å². The molecule has 1 aliphatic rings. The molecule has 0 atom stereocenters. The van der Waals surface area contributed by atoms with Crippen molar-refractivity contribution >= 4 is 23.5 Å². The highest BCUT2D eigenvalue weighted by Crippen LogP contribution is 2.40. The van der Waals surface area contributed by atoms with Gasteiger partial charge < -0.3 is 15.2 Å². The van der Waals surface area contributed by atoms with Crippen LogP contribution in [0, 0.1) is 5.41 Å². The molecule has 0 heterocycles. The molecule has 0 bridgehead atoms. The van der Waals surface area contributed by atoms with Gasteiger partial charge >= 0.3 is 5.97 Å². The molecule has 1 amide bonds. The molecule has 2 rings (SSSR count). The molecule has 1 aliphatic carbocycles. The summed E-state index contributed by atoms with van der Waals surface area (Å²) < 4.78 is 5.18. The number of carboxylic acid groups (broad SMARTS) is 1. The van der Waals surface area contributed by atoms with Crippen LogP contribution in [0.4, 0.5) is 0 Å². The van der Waals surface area contributed by atoms with E-state index in [1.54, 1.807) is 18.2 Å². The van der Waals surface area contributed by atoms with Crippen molar-refractivity contribution in [3.8, 4) is 5.75 Å². The van der Waals surface area contributed by atoms with E-state index in [-0.39, 0.29) is 18.9 Å². The number of carboxylic acids is 1. The van der Waals surface area contributed by atoms with Crippen molar-refractivity contribution in [2.45, 2.75) is 25.7 Å². The van der Waals surface area contributed by atoms with Gasteiger partial charge in [-0.05, 0) is 31.0 Å². The highest BCUT2D eigenvalue weighted by Gasteiger charge is 2.44. The van der Waals surface area contributed by atoms with Crippen molar-refractivity contribution in [3.05, 3.63) is 28.8 Å². The van der Waals surface area contributed by atoms with E-state index in [0.717, 1.165) is 6.42 Å². The first-order chi connectivity index (χ1) is 9.97. The smallest absolute Gasteiger partial charge is 0.311 e. The van der Waals surface area contributed by atoms with E-state index in [1.165, 1.54) is 7.11 Å². The molecule has 6 heteroatoms. The van der Waals surface area contributed by atoms with Gasteiger partial charge in [-0.2, -0.15) is 0 Å². The molecular formula is C15H18ClNO4. The second kappa shape index (κ2) is 6.35. The second-order valence-electron chi connectivity index (χ2n) is 5.35. The van der Waals surface area contributed by atoms with Gasteiger partial charge in [0.2, 0.25) is 5.91 Å². The summed E-state index contributed by atoms with van der Waals surface area (Å²) in [5.41, 5.74) is -0.103. The summed E-state index contributed by atoms with van der Waals surface area (Å²) in [6.07, 6.45) is 2.23. The van der Waals surface area contributed by atoms with Gasteiger partial charge in [0.25, 0.3) is 0 Å². The topological polar surface area (TPSA) is 75.6 Å². The Labute approximate surface area is 128 Å². The molecule has 0 unspecified atom stereocenters. The minimum atomic E-state index is -0.839. The van der Waals surface area contributed by atoms with E-state index < -0.39 is 11.4 Å². The highest BCUT2D eigenvalue weighted by molar-refractivity contribution is 6.30. The van der Waals surface area contributed by atoms with Crippen molar-refractivity contribution in [3.63, 3.8) is 0 Å². The number of carbonyl (C=O) groups excluding carboxylic acids is 1. The number of methoxy groups -OCH3 is 1. The Balaban J connectivity index is 1.96. The van der Waals surface area contributed by atoms with Crippen LogP contribution in [0.1, 0.15) is 24.8 Å². The minimum absolute atomic E-state index is 0.111. The largest absolute Gasteiger partial charge is 0.496 e. The maximum atomic E-state index is 12.0. The van der Waals surface area contributed by atoms with Gasteiger partial charge in [-0.25, -0.2) is 0 Å². The average molecular weight is 312 g/mol. The molecule has 114 valence electrons. The lowest BCUT2D eigenvalue weighted by atomic mass is 9.69. The Morgan fingerprint density at radius 3 is 2.67 bits per heavy atom. The fourth-order valence-electron chi connectivity index (χ4n) is 2.46. The van der Waals surface area contributed by atoms with Gasteiger partial charge in [-0.3, -0.25) is 9.59 Å². The zero-order valence-electron chi connectivity index (χ0n) is 11.8. The van der Waals surface area contributed by atoms with Gasteiger partial charge in [0, 0.05) is 17.1 Å². The third-order valence-electron chi connectivity index (χ3n) is 3.98. The number of carbonyl (C=O) groups is 2. The minimum Gasteiger partial charge on any atom is -0.496 e. The van der Waals surface area contributed by atoms with Crippen molar-refractivity contribution in [1.29, 1.82) is 0 Å². The first-order valence-corrected chi connectivity index (χ1v) is 7.17. The summed E-state index contributed by atoms with van der Waals surface area (Å²) in [6.45, 7) is 0.171. The lowest BCUT2D eigenvalue weighted by molar-refractivity contribution is -0.154. The Morgan fingerprint density at radius 2 is 2.14 bits per heavy atom. The van der Waals surface area contributed by atoms with Crippen LogP contribution in [0.25, 0.3) is 0 Å². The summed E-state index contributed by atoms with van der Waals surface area (Å²) in [7, 11) is 1.53. The van der Waals surface area contributed by atoms with Gasteiger partial charge in [0.15, 0.2) is 0 Å². The predicted octanol–water partition coefficient (Wildman–Crippen LogP) is 2.26. The third kappa shape index (κ3) is 3.47.